The Morgan fingerprint density at radius 3 is 2.05 bits per heavy atom. The van der Waals surface area contributed by atoms with Crippen molar-refractivity contribution in [2.75, 3.05) is 52.6 Å². The number of ether oxygens (including phenoxy) is 2. The molecule has 0 aliphatic rings. The van der Waals surface area contributed by atoms with Crippen molar-refractivity contribution < 1.29 is 9.47 Å². The van der Waals surface area contributed by atoms with Crippen LogP contribution in [0.2, 0.25) is 0 Å². The first-order valence-corrected chi connectivity index (χ1v) is 7.29. The lowest BCUT2D eigenvalue weighted by molar-refractivity contribution is 0.0817. The van der Waals surface area contributed by atoms with Crippen molar-refractivity contribution in [2.45, 2.75) is 33.2 Å². The van der Waals surface area contributed by atoms with E-state index in [1.54, 1.807) is 0 Å². The summed E-state index contributed by atoms with van der Waals surface area (Å²) in [6.07, 6.45) is 0.836. The van der Waals surface area contributed by atoms with E-state index in [9.17, 15) is 0 Å². The van der Waals surface area contributed by atoms with Gasteiger partial charge in [0.25, 0.3) is 0 Å². The predicted octanol–water partition coefficient (Wildman–Crippen LogP) is 1.25. The van der Waals surface area contributed by atoms with Gasteiger partial charge in [0.05, 0.1) is 25.3 Å². The van der Waals surface area contributed by atoms with Crippen LogP contribution in [-0.4, -0.2) is 63.5 Å². The molecule has 0 saturated heterocycles. The van der Waals surface area contributed by atoms with E-state index in [1.165, 1.54) is 0 Å². The van der Waals surface area contributed by atoms with Gasteiger partial charge in [-0.2, -0.15) is 5.26 Å². The molecule has 0 aliphatic heterocycles. The van der Waals surface area contributed by atoms with E-state index in [-0.39, 0.29) is 6.04 Å². The summed E-state index contributed by atoms with van der Waals surface area (Å²) in [4.78, 5) is 2.30. The van der Waals surface area contributed by atoms with Gasteiger partial charge in [-0.25, -0.2) is 0 Å². The minimum atomic E-state index is -0.0633. The zero-order valence-electron chi connectivity index (χ0n) is 12.7. The fraction of sp³-hybridized carbons (Fsp3) is 0.929. The van der Waals surface area contributed by atoms with Crippen molar-refractivity contribution in [1.82, 2.24) is 10.2 Å². The van der Waals surface area contributed by atoms with Crippen LogP contribution in [0.3, 0.4) is 0 Å². The Morgan fingerprint density at radius 1 is 1.05 bits per heavy atom. The van der Waals surface area contributed by atoms with Crippen LogP contribution in [0.25, 0.3) is 0 Å². The quantitative estimate of drug-likeness (QED) is 0.511. The van der Waals surface area contributed by atoms with Crippen LogP contribution in [0, 0.1) is 11.3 Å². The molecule has 0 amide bonds. The average Bonchev–Trinajstić information content (AvgIpc) is 2.43. The van der Waals surface area contributed by atoms with Gasteiger partial charge in [0.1, 0.15) is 0 Å². The molecule has 1 N–H and O–H groups in total. The van der Waals surface area contributed by atoms with Crippen LogP contribution in [0.5, 0.6) is 0 Å². The Labute approximate surface area is 117 Å². The Bertz CT molecular complexity index is 221. The van der Waals surface area contributed by atoms with E-state index in [2.05, 4.69) is 16.3 Å². The fourth-order valence-electron chi connectivity index (χ4n) is 1.78. The minimum absolute atomic E-state index is 0.0633. The molecule has 0 spiro atoms. The fourth-order valence-corrected chi connectivity index (χ4v) is 1.78. The van der Waals surface area contributed by atoms with Crippen LogP contribution in [-0.2, 0) is 9.47 Å². The molecule has 0 aromatic heterocycles. The van der Waals surface area contributed by atoms with Gasteiger partial charge in [-0.15, -0.1) is 0 Å². The van der Waals surface area contributed by atoms with E-state index >= 15 is 0 Å². The van der Waals surface area contributed by atoms with Crippen LogP contribution < -0.4 is 5.32 Å². The Hall–Kier alpha value is -0.670. The van der Waals surface area contributed by atoms with Gasteiger partial charge < -0.3 is 14.8 Å². The molecule has 0 aliphatic carbocycles. The molecule has 0 saturated carbocycles. The van der Waals surface area contributed by atoms with E-state index in [0.29, 0.717) is 0 Å². The largest absolute Gasteiger partial charge is 0.380 e. The highest BCUT2D eigenvalue weighted by atomic mass is 16.5. The summed E-state index contributed by atoms with van der Waals surface area (Å²) in [5.41, 5.74) is 0. The number of rotatable bonds is 13. The maximum Gasteiger partial charge on any atom is 0.0965 e. The van der Waals surface area contributed by atoms with E-state index in [0.717, 1.165) is 59.0 Å². The smallest absolute Gasteiger partial charge is 0.0965 e. The first-order valence-electron chi connectivity index (χ1n) is 7.29. The van der Waals surface area contributed by atoms with Gasteiger partial charge in [0.15, 0.2) is 0 Å². The third-order valence-electron chi connectivity index (χ3n) is 2.85. The van der Waals surface area contributed by atoms with Gasteiger partial charge in [-0.3, -0.25) is 4.90 Å². The van der Waals surface area contributed by atoms with Crippen molar-refractivity contribution >= 4 is 0 Å². The molecule has 5 nitrogen and oxygen atoms in total. The highest BCUT2D eigenvalue weighted by Gasteiger charge is 2.10. The molecule has 0 radical (unpaired) electrons. The van der Waals surface area contributed by atoms with Crippen molar-refractivity contribution in [3.8, 4) is 6.07 Å². The second-order valence-corrected chi connectivity index (χ2v) is 4.26. The molecule has 5 heteroatoms. The molecule has 19 heavy (non-hydrogen) atoms. The van der Waals surface area contributed by atoms with Crippen molar-refractivity contribution in [2.24, 2.45) is 0 Å². The number of hydrogen-bond acceptors (Lipinski definition) is 5. The third-order valence-corrected chi connectivity index (χ3v) is 2.85. The third kappa shape index (κ3) is 10.9. The summed E-state index contributed by atoms with van der Waals surface area (Å²) >= 11 is 0. The second kappa shape index (κ2) is 13.8. The van der Waals surface area contributed by atoms with E-state index < -0.39 is 0 Å². The molecule has 0 aromatic rings. The first kappa shape index (κ1) is 18.3. The number of nitrogens with one attached hydrogen (secondary N) is 1. The molecule has 0 aromatic carbocycles. The van der Waals surface area contributed by atoms with Crippen LogP contribution in [0.4, 0.5) is 0 Å². The Balaban J connectivity index is 3.97. The molecular weight excluding hydrogens is 242 g/mol. The average molecular weight is 271 g/mol. The maximum atomic E-state index is 9.02. The lowest BCUT2D eigenvalue weighted by Gasteiger charge is -2.23. The molecule has 0 fully saturated rings. The molecule has 1 unspecified atom stereocenters. The van der Waals surface area contributed by atoms with Gasteiger partial charge in [-0.05, 0) is 26.8 Å². The van der Waals surface area contributed by atoms with Crippen molar-refractivity contribution in [3.05, 3.63) is 0 Å². The number of hydrogen-bond donors (Lipinski definition) is 1. The van der Waals surface area contributed by atoms with Crippen molar-refractivity contribution in [1.29, 1.82) is 5.26 Å². The highest BCUT2D eigenvalue weighted by Crippen LogP contribution is 1.97. The van der Waals surface area contributed by atoms with Crippen molar-refractivity contribution in [3.63, 3.8) is 0 Å². The molecule has 112 valence electrons. The van der Waals surface area contributed by atoms with Gasteiger partial charge in [0.2, 0.25) is 0 Å². The monoisotopic (exact) mass is 271 g/mol. The summed E-state index contributed by atoms with van der Waals surface area (Å²) in [6, 6.07) is 2.23. The van der Waals surface area contributed by atoms with Crippen LogP contribution in [0.15, 0.2) is 0 Å². The normalized spacial score (nSPS) is 12.6. The molecule has 0 rings (SSSR count). The second-order valence-electron chi connectivity index (χ2n) is 4.26. The highest BCUT2D eigenvalue weighted by molar-refractivity contribution is 4.89. The Kier molecular flexibility index (Phi) is 13.3. The zero-order valence-corrected chi connectivity index (χ0v) is 12.7. The SMILES string of the molecule is CCNC(C#N)CCN(CCOCC)CCOCC. The van der Waals surface area contributed by atoms with Gasteiger partial charge in [-0.1, -0.05) is 6.92 Å². The molecule has 1 atom stereocenters. The van der Waals surface area contributed by atoms with Crippen LogP contribution >= 0.6 is 0 Å². The summed E-state index contributed by atoms with van der Waals surface area (Å²) in [5, 5.41) is 12.2. The standard InChI is InChI=1S/C14H29N3O2/c1-4-16-14(13-15)7-8-17(9-11-18-5-2)10-12-19-6-3/h14,16H,4-12H2,1-3H3. The molecular formula is C14H29N3O2. The van der Waals surface area contributed by atoms with Gasteiger partial charge >= 0.3 is 0 Å². The first-order chi connectivity index (χ1) is 9.28. The maximum absolute atomic E-state index is 9.02. The summed E-state index contributed by atoms with van der Waals surface area (Å²) in [7, 11) is 0. The summed E-state index contributed by atoms with van der Waals surface area (Å²) in [5.74, 6) is 0. The minimum Gasteiger partial charge on any atom is -0.380 e. The van der Waals surface area contributed by atoms with Gasteiger partial charge in [0, 0.05) is 32.8 Å². The molecule has 0 bridgehead atoms. The summed E-state index contributed by atoms with van der Waals surface area (Å²) in [6.45, 7) is 12.5. The van der Waals surface area contributed by atoms with E-state index in [4.69, 9.17) is 14.7 Å². The predicted molar refractivity (Wildman–Crippen MR) is 77.1 cm³/mol. The lowest BCUT2D eigenvalue weighted by Crippen LogP contribution is -2.36. The topological polar surface area (TPSA) is 57.5 Å². The number of nitriles is 1. The Morgan fingerprint density at radius 2 is 1.63 bits per heavy atom. The van der Waals surface area contributed by atoms with E-state index in [1.807, 2.05) is 20.8 Å². The number of nitrogens with zero attached hydrogens (tertiary/aromatic N) is 2. The van der Waals surface area contributed by atoms with Crippen LogP contribution in [0.1, 0.15) is 27.2 Å². The molecule has 0 heterocycles. The zero-order chi connectivity index (χ0) is 14.3. The summed E-state index contributed by atoms with van der Waals surface area (Å²) < 4.78 is 10.8. The lowest BCUT2D eigenvalue weighted by atomic mass is 10.2.